The third kappa shape index (κ3) is 5.55. The number of benzene rings is 3. The van der Waals surface area contributed by atoms with E-state index in [0.717, 1.165) is 5.56 Å². The summed E-state index contributed by atoms with van der Waals surface area (Å²) >= 11 is 0. The largest absolute Gasteiger partial charge is 0.494 e. The monoisotopic (exact) mass is 452 g/mol. The molecule has 3 aromatic carbocycles. The van der Waals surface area contributed by atoms with E-state index >= 15 is 0 Å². The minimum atomic E-state index is -3.68. The van der Waals surface area contributed by atoms with Gasteiger partial charge in [0.1, 0.15) is 5.75 Å². The van der Waals surface area contributed by atoms with E-state index in [2.05, 4.69) is 5.32 Å². The van der Waals surface area contributed by atoms with Crippen LogP contribution < -0.4 is 10.1 Å². The van der Waals surface area contributed by atoms with Crippen molar-refractivity contribution in [2.24, 2.45) is 0 Å². The van der Waals surface area contributed by atoms with Crippen LogP contribution in [0.5, 0.6) is 5.75 Å². The first-order valence-corrected chi connectivity index (χ1v) is 11.9. The van der Waals surface area contributed by atoms with Crippen molar-refractivity contribution in [2.75, 3.05) is 13.7 Å². The first-order chi connectivity index (χ1) is 15.3. The van der Waals surface area contributed by atoms with Crippen LogP contribution in [0.25, 0.3) is 0 Å². The van der Waals surface area contributed by atoms with E-state index in [0.29, 0.717) is 23.5 Å². The normalized spacial score (nSPS) is 12.4. The molecule has 1 atom stereocenters. The molecule has 7 heteroatoms. The Morgan fingerprint density at radius 1 is 1.00 bits per heavy atom. The van der Waals surface area contributed by atoms with Gasteiger partial charge in [-0.25, -0.2) is 8.42 Å². The zero-order chi connectivity index (χ0) is 23.1. The lowest BCUT2D eigenvalue weighted by molar-refractivity contribution is 0.0939. The lowest BCUT2D eigenvalue weighted by atomic mass is 10.1. The summed E-state index contributed by atoms with van der Waals surface area (Å²) in [4.78, 5) is 13.1. The van der Waals surface area contributed by atoms with Gasteiger partial charge in [0.15, 0.2) is 0 Å². The molecular weight excluding hydrogens is 424 g/mol. The molecule has 32 heavy (non-hydrogen) atoms. The second-order valence-electron chi connectivity index (χ2n) is 7.44. The maximum Gasteiger partial charge on any atom is 0.251 e. The topological polar surface area (TPSA) is 75.7 Å². The quantitative estimate of drug-likeness (QED) is 0.522. The van der Waals surface area contributed by atoms with Crippen molar-refractivity contribution in [2.45, 2.75) is 31.3 Å². The van der Waals surface area contributed by atoms with Gasteiger partial charge in [-0.2, -0.15) is 4.31 Å². The van der Waals surface area contributed by atoms with Gasteiger partial charge in [0, 0.05) is 24.7 Å². The van der Waals surface area contributed by atoms with Gasteiger partial charge in [0.2, 0.25) is 10.0 Å². The number of nitrogens with zero attached hydrogens (tertiary/aromatic N) is 1. The van der Waals surface area contributed by atoms with Gasteiger partial charge in [-0.05, 0) is 49.7 Å². The van der Waals surface area contributed by atoms with E-state index in [1.807, 2.05) is 44.2 Å². The predicted molar refractivity (Wildman–Crippen MR) is 125 cm³/mol. The summed E-state index contributed by atoms with van der Waals surface area (Å²) in [5.74, 6) is 0.314. The van der Waals surface area contributed by atoms with Crippen LogP contribution in [-0.2, 0) is 16.6 Å². The number of sulfonamides is 1. The fourth-order valence-corrected chi connectivity index (χ4v) is 4.51. The first kappa shape index (κ1) is 23.5. The van der Waals surface area contributed by atoms with Gasteiger partial charge in [-0.3, -0.25) is 4.79 Å². The smallest absolute Gasteiger partial charge is 0.251 e. The Labute approximate surface area is 189 Å². The summed E-state index contributed by atoms with van der Waals surface area (Å²) in [6.07, 6.45) is 0. The van der Waals surface area contributed by atoms with E-state index < -0.39 is 10.0 Å². The molecule has 0 aliphatic carbocycles. The Morgan fingerprint density at radius 3 is 2.25 bits per heavy atom. The molecule has 0 saturated heterocycles. The van der Waals surface area contributed by atoms with E-state index in [9.17, 15) is 13.2 Å². The second kappa shape index (κ2) is 10.4. The molecular formula is C25H28N2O4S. The van der Waals surface area contributed by atoms with Crippen molar-refractivity contribution < 1.29 is 17.9 Å². The second-order valence-corrected chi connectivity index (χ2v) is 9.48. The van der Waals surface area contributed by atoms with Crippen LogP contribution in [0, 0.1) is 0 Å². The minimum Gasteiger partial charge on any atom is -0.494 e. The van der Waals surface area contributed by atoms with Gasteiger partial charge >= 0.3 is 0 Å². The van der Waals surface area contributed by atoms with Gasteiger partial charge < -0.3 is 10.1 Å². The molecule has 0 saturated carbocycles. The molecule has 0 radical (unpaired) electrons. The Bertz CT molecular complexity index is 1150. The van der Waals surface area contributed by atoms with Gasteiger partial charge in [0.25, 0.3) is 5.91 Å². The number of amides is 1. The Balaban J connectivity index is 1.83. The third-order valence-electron chi connectivity index (χ3n) is 5.11. The molecule has 6 nitrogen and oxygen atoms in total. The van der Waals surface area contributed by atoms with Crippen molar-refractivity contribution >= 4 is 15.9 Å². The highest BCUT2D eigenvalue weighted by atomic mass is 32.2. The maximum atomic E-state index is 12.9. The van der Waals surface area contributed by atoms with Crippen LogP contribution in [-0.4, -0.2) is 32.3 Å². The van der Waals surface area contributed by atoms with E-state index in [4.69, 9.17) is 4.74 Å². The van der Waals surface area contributed by atoms with Crippen LogP contribution >= 0.6 is 0 Å². The lowest BCUT2D eigenvalue weighted by Gasteiger charge is -2.20. The fourth-order valence-electron chi connectivity index (χ4n) is 3.34. The zero-order valence-electron chi connectivity index (χ0n) is 18.5. The van der Waals surface area contributed by atoms with Crippen LogP contribution in [0.2, 0.25) is 0 Å². The zero-order valence-corrected chi connectivity index (χ0v) is 19.3. The van der Waals surface area contributed by atoms with Crippen molar-refractivity contribution in [3.63, 3.8) is 0 Å². The molecule has 0 heterocycles. The number of carbonyl (C=O) groups excluding carboxylic acids is 1. The van der Waals surface area contributed by atoms with Crippen molar-refractivity contribution in [1.82, 2.24) is 9.62 Å². The summed E-state index contributed by atoms with van der Waals surface area (Å²) in [5, 5.41) is 2.99. The van der Waals surface area contributed by atoms with Crippen molar-refractivity contribution in [1.29, 1.82) is 0 Å². The molecule has 3 aromatic rings. The molecule has 0 fully saturated rings. The molecule has 0 bridgehead atoms. The number of nitrogens with one attached hydrogen (secondary N) is 1. The van der Waals surface area contributed by atoms with Crippen LogP contribution in [0.1, 0.15) is 41.4 Å². The summed E-state index contributed by atoms with van der Waals surface area (Å²) in [7, 11) is -2.16. The van der Waals surface area contributed by atoms with E-state index in [-0.39, 0.29) is 23.4 Å². The molecule has 0 spiro atoms. The molecule has 0 aliphatic rings. The van der Waals surface area contributed by atoms with E-state index in [1.165, 1.54) is 11.4 Å². The molecule has 1 N–H and O–H groups in total. The average Bonchev–Trinajstić information content (AvgIpc) is 2.81. The van der Waals surface area contributed by atoms with Crippen LogP contribution in [0.4, 0.5) is 0 Å². The van der Waals surface area contributed by atoms with Crippen LogP contribution in [0.15, 0.2) is 83.8 Å². The van der Waals surface area contributed by atoms with Gasteiger partial charge in [-0.1, -0.05) is 48.5 Å². The standard InChI is InChI=1S/C25H28N2O4S/c1-4-31-24-16-15-21(25(28)26-19(2)20-11-7-5-8-12-20)17-22(24)18-27(3)32(29,30)23-13-9-6-10-14-23/h5-17,19H,4,18H2,1-3H3,(H,26,28). The predicted octanol–water partition coefficient (Wildman–Crippen LogP) is 4.40. The summed E-state index contributed by atoms with van der Waals surface area (Å²) in [6.45, 7) is 4.28. The van der Waals surface area contributed by atoms with Gasteiger partial charge in [-0.15, -0.1) is 0 Å². The highest BCUT2D eigenvalue weighted by molar-refractivity contribution is 7.89. The number of hydrogen-bond acceptors (Lipinski definition) is 4. The first-order valence-electron chi connectivity index (χ1n) is 10.5. The summed E-state index contributed by atoms with van der Waals surface area (Å²) < 4.78 is 32.8. The molecule has 0 aliphatic heterocycles. The Hall–Kier alpha value is -3.16. The van der Waals surface area contributed by atoms with Crippen LogP contribution in [0.3, 0.4) is 0 Å². The highest BCUT2D eigenvalue weighted by Crippen LogP contribution is 2.25. The summed E-state index contributed by atoms with van der Waals surface area (Å²) in [5.41, 5.74) is 2.06. The SMILES string of the molecule is CCOc1ccc(C(=O)NC(C)c2ccccc2)cc1CN(C)S(=O)(=O)c1ccccc1. The molecule has 1 amide bonds. The fraction of sp³-hybridized carbons (Fsp3) is 0.240. The molecule has 0 aromatic heterocycles. The van der Waals surface area contributed by atoms with Crippen molar-refractivity contribution in [3.8, 4) is 5.75 Å². The average molecular weight is 453 g/mol. The molecule has 3 rings (SSSR count). The molecule has 168 valence electrons. The highest BCUT2D eigenvalue weighted by Gasteiger charge is 2.23. The third-order valence-corrected chi connectivity index (χ3v) is 6.93. The number of ether oxygens (including phenoxy) is 1. The minimum absolute atomic E-state index is 0.0713. The number of rotatable bonds is 9. The number of hydrogen-bond donors (Lipinski definition) is 1. The maximum absolute atomic E-state index is 12.9. The Morgan fingerprint density at radius 2 is 1.62 bits per heavy atom. The lowest BCUT2D eigenvalue weighted by Crippen LogP contribution is -2.28. The molecule has 1 unspecified atom stereocenters. The van der Waals surface area contributed by atoms with Crippen molar-refractivity contribution in [3.05, 3.63) is 95.6 Å². The number of carbonyl (C=O) groups is 1. The van der Waals surface area contributed by atoms with E-state index in [1.54, 1.807) is 48.5 Å². The van der Waals surface area contributed by atoms with Gasteiger partial charge in [0.05, 0.1) is 17.5 Å². The Kier molecular flexibility index (Phi) is 7.66. The summed E-state index contributed by atoms with van der Waals surface area (Å²) in [6, 6.07) is 22.9.